The van der Waals surface area contributed by atoms with Crippen LogP contribution in [0.4, 0.5) is 10.1 Å². The van der Waals surface area contributed by atoms with Gasteiger partial charge in [0, 0.05) is 28.2 Å². The van der Waals surface area contributed by atoms with Gasteiger partial charge in [-0.2, -0.15) is 0 Å². The Labute approximate surface area is 246 Å². The third-order valence-corrected chi connectivity index (χ3v) is 10.9. The molecule has 6 rings (SSSR count). The quantitative estimate of drug-likeness (QED) is 0.398. The van der Waals surface area contributed by atoms with Gasteiger partial charge in [-0.05, 0) is 80.3 Å². The number of nitrogens with one attached hydrogen (secondary N) is 2. The fourth-order valence-corrected chi connectivity index (χ4v) is 9.10. The highest BCUT2D eigenvalue weighted by Crippen LogP contribution is 2.66. The van der Waals surface area contributed by atoms with E-state index < -0.39 is 28.7 Å². The number of hydrogen-bond donors (Lipinski definition) is 2. The van der Waals surface area contributed by atoms with Crippen molar-refractivity contribution in [2.45, 2.75) is 101 Å². The number of nitrogens with zero attached hydrogens (tertiary/aromatic N) is 1. The molecule has 2 aliphatic carbocycles. The molecule has 2 spiro atoms. The number of fused-ring (bicyclic) bond motifs is 3. The van der Waals surface area contributed by atoms with Crippen LogP contribution in [0.2, 0.25) is 10.0 Å². The Kier molecular flexibility index (Phi) is 7.42. The van der Waals surface area contributed by atoms with Crippen LogP contribution in [0.1, 0.15) is 88.7 Å². The first-order valence-corrected chi connectivity index (χ1v) is 15.6. The summed E-state index contributed by atoms with van der Waals surface area (Å²) in [5.41, 5.74) is -0.0747. The van der Waals surface area contributed by atoms with E-state index in [9.17, 15) is 9.59 Å². The number of rotatable bonds is 4. The summed E-state index contributed by atoms with van der Waals surface area (Å²) in [6.45, 7) is 4.88. The molecule has 0 bridgehead atoms. The number of anilines is 1. The predicted molar refractivity (Wildman–Crippen MR) is 157 cm³/mol. The number of benzene rings is 2. The molecule has 2 heterocycles. The van der Waals surface area contributed by atoms with E-state index >= 15 is 4.39 Å². The number of likely N-dealkylation sites (tertiary alicyclic amines) is 1. The monoisotopic (exact) mass is 585 g/mol. The zero-order valence-electron chi connectivity index (χ0n) is 23.2. The van der Waals surface area contributed by atoms with Crippen LogP contribution in [0.25, 0.3) is 0 Å². The highest BCUT2D eigenvalue weighted by atomic mass is 35.5. The molecule has 8 heteroatoms. The van der Waals surface area contributed by atoms with E-state index in [0.29, 0.717) is 28.7 Å². The molecule has 3 fully saturated rings. The average Bonchev–Trinajstić information content (AvgIpc) is 3.36. The van der Waals surface area contributed by atoms with Gasteiger partial charge in [-0.3, -0.25) is 14.5 Å². The van der Waals surface area contributed by atoms with E-state index in [0.717, 1.165) is 63.4 Å². The predicted octanol–water partition coefficient (Wildman–Crippen LogP) is 7.21. The zero-order valence-corrected chi connectivity index (χ0v) is 24.8. The molecule has 2 aliphatic heterocycles. The number of likely N-dealkylation sites (N-methyl/N-ethyl adjacent to an activating group) is 1. The van der Waals surface area contributed by atoms with Gasteiger partial charge in [0.05, 0.1) is 11.1 Å². The van der Waals surface area contributed by atoms with Crippen molar-refractivity contribution in [3.05, 3.63) is 63.4 Å². The molecular weight excluding hydrogens is 548 g/mol. The van der Waals surface area contributed by atoms with Crippen LogP contribution in [0.5, 0.6) is 0 Å². The average molecular weight is 587 g/mol. The zero-order chi connectivity index (χ0) is 28.2. The van der Waals surface area contributed by atoms with Gasteiger partial charge < -0.3 is 10.6 Å². The second-order valence-corrected chi connectivity index (χ2v) is 13.2. The largest absolute Gasteiger partial charge is 0.352 e. The summed E-state index contributed by atoms with van der Waals surface area (Å²) in [5, 5.41) is 7.01. The minimum Gasteiger partial charge on any atom is -0.352 e. The van der Waals surface area contributed by atoms with E-state index in [1.165, 1.54) is 6.07 Å². The van der Waals surface area contributed by atoms with Crippen molar-refractivity contribution in [2.75, 3.05) is 11.9 Å². The number of carbonyl (C=O) groups is 2. The fraction of sp³-hybridized carbons (Fsp3) is 0.562. The van der Waals surface area contributed by atoms with Crippen LogP contribution < -0.4 is 10.6 Å². The lowest BCUT2D eigenvalue weighted by molar-refractivity contribution is -0.129. The van der Waals surface area contributed by atoms with Crippen molar-refractivity contribution in [2.24, 2.45) is 5.92 Å². The van der Waals surface area contributed by atoms with Crippen LogP contribution >= 0.6 is 23.2 Å². The Morgan fingerprint density at radius 1 is 1.10 bits per heavy atom. The number of halogens is 3. The van der Waals surface area contributed by atoms with E-state index in [1.807, 2.05) is 6.07 Å². The van der Waals surface area contributed by atoms with Crippen molar-refractivity contribution in [3.8, 4) is 0 Å². The van der Waals surface area contributed by atoms with E-state index in [-0.39, 0.29) is 22.9 Å². The third-order valence-electron chi connectivity index (χ3n) is 10.4. The van der Waals surface area contributed by atoms with Gasteiger partial charge in [-0.1, -0.05) is 74.5 Å². The second kappa shape index (κ2) is 10.6. The molecule has 1 saturated heterocycles. The number of hydrogen-bond acceptors (Lipinski definition) is 3. The SMILES string of the molecule is CCN1[C@@H](C(=O)NC2CCC(C)CC2)[C@H](c2cccc(Cl)c2F)[C@]2(C(=O)Nc3cc(Cl)ccc32)C12CCCCC2. The summed E-state index contributed by atoms with van der Waals surface area (Å²) in [5.74, 6) is -0.982. The highest BCUT2D eigenvalue weighted by molar-refractivity contribution is 6.31. The van der Waals surface area contributed by atoms with E-state index in [1.54, 1.807) is 24.3 Å². The molecule has 214 valence electrons. The second-order valence-electron chi connectivity index (χ2n) is 12.4. The maximum absolute atomic E-state index is 16.1. The minimum atomic E-state index is -1.18. The molecule has 0 unspecified atom stereocenters. The van der Waals surface area contributed by atoms with E-state index in [4.69, 9.17) is 23.2 Å². The van der Waals surface area contributed by atoms with Gasteiger partial charge in [0.15, 0.2) is 0 Å². The van der Waals surface area contributed by atoms with Gasteiger partial charge in [0.1, 0.15) is 11.2 Å². The smallest absolute Gasteiger partial charge is 0.238 e. The van der Waals surface area contributed by atoms with Gasteiger partial charge in [-0.25, -0.2) is 4.39 Å². The molecule has 2 amide bonds. The van der Waals surface area contributed by atoms with Crippen molar-refractivity contribution in [3.63, 3.8) is 0 Å². The summed E-state index contributed by atoms with van der Waals surface area (Å²) in [4.78, 5) is 31.4. The fourth-order valence-electron chi connectivity index (χ4n) is 8.74. The Hall–Kier alpha value is -2.15. The molecule has 40 heavy (non-hydrogen) atoms. The van der Waals surface area contributed by atoms with Gasteiger partial charge in [0.25, 0.3) is 0 Å². The highest BCUT2D eigenvalue weighted by Gasteiger charge is 2.75. The van der Waals surface area contributed by atoms with Crippen molar-refractivity contribution in [1.29, 1.82) is 0 Å². The molecule has 2 N–H and O–H groups in total. The normalized spacial score (nSPS) is 31.4. The lowest BCUT2D eigenvalue weighted by atomic mass is 9.55. The molecule has 4 aliphatic rings. The van der Waals surface area contributed by atoms with Crippen molar-refractivity contribution >= 4 is 40.7 Å². The van der Waals surface area contributed by atoms with E-state index in [2.05, 4.69) is 29.4 Å². The summed E-state index contributed by atoms with van der Waals surface area (Å²) in [6, 6.07) is 9.80. The van der Waals surface area contributed by atoms with Crippen molar-refractivity contribution < 1.29 is 14.0 Å². The Bertz CT molecular complexity index is 1320. The van der Waals surface area contributed by atoms with Crippen molar-refractivity contribution in [1.82, 2.24) is 10.2 Å². The van der Waals surface area contributed by atoms with Gasteiger partial charge in [-0.15, -0.1) is 0 Å². The summed E-state index contributed by atoms with van der Waals surface area (Å²) < 4.78 is 16.1. The molecule has 0 aromatic heterocycles. The standard InChI is InChI=1S/C32H38Cl2FN3O2/c1-3-38-28(29(39)36-21-13-10-19(2)11-14-21)26(22-8-7-9-24(34)27(22)35)32(31(38)16-5-4-6-17-31)23-15-12-20(33)18-25(23)37-30(32)40/h7-9,12,15,18-19,21,26,28H,3-6,10-11,13-14,16-17H2,1-2H3,(H,36,39)(H,37,40)/t19?,21?,26-,28+,32+/m0/s1. The summed E-state index contributed by atoms with van der Waals surface area (Å²) in [7, 11) is 0. The number of carbonyl (C=O) groups excluding carboxylic acids is 2. The van der Waals surface area contributed by atoms with Gasteiger partial charge >= 0.3 is 0 Å². The van der Waals surface area contributed by atoms with Crippen LogP contribution in [0, 0.1) is 11.7 Å². The Balaban J connectivity index is 1.59. The Morgan fingerprint density at radius 3 is 2.52 bits per heavy atom. The molecule has 2 aromatic carbocycles. The molecule has 3 atom stereocenters. The van der Waals surface area contributed by atoms with Crippen LogP contribution in [-0.2, 0) is 15.0 Å². The van der Waals surface area contributed by atoms with Gasteiger partial charge in [0.2, 0.25) is 11.8 Å². The minimum absolute atomic E-state index is 0.00421. The molecule has 2 aromatic rings. The van der Waals surface area contributed by atoms with Crippen LogP contribution in [0.15, 0.2) is 36.4 Å². The first-order valence-electron chi connectivity index (χ1n) is 14.9. The first-order chi connectivity index (χ1) is 19.2. The lowest BCUT2D eigenvalue weighted by Crippen LogP contribution is -2.61. The van der Waals surface area contributed by atoms with Crippen LogP contribution in [0.3, 0.4) is 0 Å². The van der Waals surface area contributed by atoms with Crippen LogP contribution in [-0.4, -0.2) is 40.9 Å². The molecular formula is C32H38Cl2FN3O2. The maximum Gasteiger partial charge on any atom is 0.238 e. The molecule has 2 saturated carbocycles. The molecule has 5 nitrogen and oxygen atoms in total. The first kappa shape index (κ1) is 28.0. The third kappa shape index (κ3) is 4.04. The number of amides is 2. The summed E-state index contributed by atoms with van der Waals surface area (Å²) in [6.07, 6.45) is 8.45. The maximum atomic E-state index is 16.1. The molecule has 0 radical (unpaired) electrons. The Morgan fingerprint density at radius 2 is 1.82 bits per heavy atom. The topological polar surface area (TPSA) is 61.4 Å². The lowest BCUT2D eigenvalue weighted by Gasteiger charge is -2.50. The summed E-state index contributed by atoms with van der Waals surface area (Å²) >= 11 is 12.8.